The largest absolute Gasteiger partial charge is 0.489 e. The van der Waals surface area contributed by atoms with Crippen molar-refractivity contribution >= 4 is 16.9 Å². The number of anilines is 1. The van der Waals surface area contributed by atoms with E-state index in [2.05, 4.69) is 9.97 Å². The lowest BCUT2D eigenvalue weighted by atomic mass is 10.1. The summed E-state index contributed by atoms with van der Waals surface area (Å²) in [6.45, 7) is 3.94. The highest BCUT2D eigenvalue weighted by atomic mass is 16.5. The van der Waals surface area contributed by atoms with Crippen LogP contribution in [0.1, 0.15) is 30.0 Å². The third-order valence-electron chi connectivity index (χ3n) is 6.80. The molecule has 2 N–H and O–H groups in total. The predicted octanol–water partition coefficient (Wildman–Crippen LogP) is 6.11. The molecule has 1 aliphatic heterocycles. The number of nitrogen functional groups attached to an aromatic ring is 1. The summed E-state index contributed by atoms with van der Waals surface area (Å²) in [6, 6.07) is 24.0. The second-order valence-electron chi connectivity index (χ2n) is 9.42. The molecule has 0 bridgehead atoms. The molecule has 0 amide bonds. The van der Waals surface area contributed by atoms with Crippen LogP contribution in [-0.2, 0) is 11.3 Å². The van der Waals surface area contributed by atoms with Crippen LogP contribution in [0, 0.1) is 6.92 Å². The van der Waals surface area contributed by atoms with E-state index in [0.29, 0.717) is 25.6 Å². The van der Waals surface area contributed by atoms with Gasteiger partial charge in [-0.2, -0.15) is 5.10 Å². The van der Waals surface area contributed by atoms with Gasteiger partial charge in [0.1, 0.15) is 41.7 Å². The number of nitrogens with two attached hydrogens (primary N) is 1. The molecule has 0 radical (unpaired) electrons. The minimum absolute atomic E-state index is 0.221. The van der Waals surface area contributed by atoms with Crippen LogP contribution in [0.5, 0.6) is 17.2 Å². The molecule has 1 fully saturated rings. The Bertz CT molecular complexity index is 1560. The van der Waals surface area contributed by atoms with E-state index in [4.69, 9.17) is 25.0 Å². The summed E-state index contributed by atoms with van der Waals surface area (Å²) in [7, 11) is 0. The fourth-order valence-corrected chi connectivity index (χ4v) is 4.78. The minimum Gasteiger partial charge on any atom is -0.489 e. The maximum Gasteiger partial charge on any atom is 0.164 e. The van der Waals surface area contributed by atoms with Gasteiger partial charge in [-0.25, -0.2) is 14.6 Å². The fraction of sp³-hybridized carbons (Fsp3) is 0.233. The van der Waals surface area contributed by atoms with E-state index >= 15 is 0 Å². The van der Waals surface area contributed by atoms with Crippen molar-refractivity contribution < 1.29 is 14.2 Å². The van der Waals surface area contributed by atoms with Gasteiger partial charge in [-0.3, -0.25) is 0 Å². The number of fused-ring (bicyclic) bond motifs is 1. The lowest BCUT2D eigenvalue weighted by Gasteiger charge is -2.22. The SMILES string of the molecule is Cc1ccccc1OCc1cccc(Oc2ccc(-c3nn(C4CCOCC4)c4ncnc(N)c34)cc2)c1. The van der Waals surface area contributed by atoms with Gasteiger partial charge in [0.25, 0.3) is 0 Å². The van der Waals surface area contributed by atoms with Gasteiger partial charge in [-0.15, -0.1) is 0 Å². The normalized spacial score (nSPS) is 14.0. The maximum atomic E-state index is 6.29. The molecule has 38 heavy (non-hydrogen) atoms. The summed E-state index contributed by atoms with van der Waals surface area (Å²) >= 11 is 0. The van der Waals surface area contributed by atoms with Gasteiger partial charge in [-0.1, -0.05) is 30.3 Å². The molecule has 6 rings (SSSR count). The minimum atomic E-state index is 0.221. The molecular formula is C30H29N5O3. The molecule has 3 heterocycles. The number of aryl methyl sites for hydroxylation is 1. The fourth-order valence-electron chi connectivity index (χ4n) is 4.78. The van der Waals surface area contributed by atoms with Crippen molar-refractivity contribution in [3.8, 4) is 28.5 Å². The highest BCUT2D eigenvalue weighted by molar-refractivity contribution is 5.98. The van der Waals surface area contributed by atoms with E-state index in [0.717, 1.165) is 63.5 Å². The van der Waals surface area contributed by atoms with Crippen LogP contribution in [0.3, 0.4) is 0 Å². The molecule has 5 aromatic rings. The monoisotopic (exact) mass is 507 g/mol. The van der Waals surface area contributed by atoms with E-state index in [1.807, 2.05) is 84.4 Å². The summed E-state index contributed by atoms with van der Waals surface area (Å²) in [6.07, 6.45) is 3.28. The van der Waals surface area contributed by atoms with Crippen LogP contribution in [0.25, 0.3) is 22.3 Å². The van der Waals surface area contributed by atoms with Gasteiger partial charge in [0, 0.05) is 18.8 Å². The number of hydrogen-bond acceptors (Lipinski definition) is 7. The van der Waals surface area contributed by atoms with Crippen molar-refractivity contribution in [2.24, 2.45) is 0 Å². The average molecular weight is 508 g/mol. The molecule has 0 spiro atoms. The molecule has 0 saturated carbocycles. The zero-order chi connectivity index (χ0) is 25.9. The van der Waals surface area contributed by atoms with Gasteiger partial charge < -0.3 is 19.9 Å². The van der Waals surface area contributed by atoms with Crippen LogP contribution in [0.15, 0.2) is 79.1 Å². The lowest BCUT2D eigenvalue weighted by Crippen LogP contribution is -2.20. The van der Waals surface area contributed by atoms with Crippen LogP contribution in [0.4, 0.5) is 5.82 Å². The second kappa shape index (κ2) is 10.5. The summed E-state index contributed by atoms with van der Waals surface area (Å²) in [5.74, 6) is 2.78. The summed E-state index contributed by atoms with van der Waals surface area (Å²) in [5, 5.41) is 5.72. The molecule has 0 unspecified atom stereocenters. The van der Waals surface area contributed by atoms with E-state index in [1.54, 1.807) is 0 Å². The number of ether oxygens (including phenoxy) is 3. The average Bonchev–Trinajstić information content (AvgIpc) is 3.35. The lowest BCUT2D eigenvalue weighted by molar-refractivity contribution is 0.0674. The Morgan fingerprint density at radius 3 is 2.58 bits per heavy atom. The Morgan fingerprint density at radius 1 is 0.947 bits per heavy atom. The Morgan fingerprint density at radius 2 is 1.76 bits per heavy atom. The van der Waals surface area contributed by atoms with Gasteiger partial charge >= 0.3 is 0 Å². The predicted molar refractivity (Wildman–Crippen MR) is 146 cm³/mol. The van der Waals surface area contributed by atoms with Crippen LogP contribution < -0.4 is 15.2 Å². The first kappa shape index (κ1) is 23.9. The van der Waals surface area contributed by atoms with Crippen molar-refractivity contribution in [1.29, 1.82) is 0 Å². The third kappa shape index (κ3) is 4.90. The van der Waals surface area contributed by atoms with Gasteiger partial charge in [0.05, 0.1) is 11.4 Å². The Labute approximate surface area is 221 Å². The van der Waals surface area contributed by atoms with Gasteiger partial charge in [0.2, 0.25) is 0 Å². The topological polar surface area (TPSA) is 97.3 Å². The first-order valence-corrected chi connectivity index (χ1v) is 12.8. The summed E-state index contributed by atoms with van der Waals surface area (Å²) < 4.78 is 19.7. The highest BCUT2D eigenvalue weighted by Gasteiger charge is 2.24. The number of hydrogen-bond donors (Lipinski definition) is 1. The van der Waals surface area contributed by atoms with E-state index in [-0.39, 0.29) is 6.04 Å². The van der Waals surface area contributed by atoms with Crippen LogP contribution in [-0.4, -0.2) is 33.0 Å². The van der Waals surface area contributed by atoms with E-state index in [9.17, 15) is 0 Å². The molecule has 8 heteroatoms. The Balaban J connectivity index is 1.21. The van der Waals surface area contributed by atoms with Crippen molar-refractivity contribution in [2.45, 2.75) is 32.4 Å². The van der Waals surface area contributed by atoms with Crippen molar-refractivity contribution in [2.75, 3.05) is 18.9 Å². The standard InChI is InChI=1S/C30H29N5O3/c1-20-5-2-3-8-26(20)37-18-21-6-4-7-25(17-21)38-24-11-9-22(10-12-24)28-27-29(31)32-19-33-30(27)35(34-28)23-13-15-36-16-14-23/h2-12,17,19,23H,13-16,18H2,1H3,(H2,31,32,33). The highest BCUT2D eigenvalue weighted by Crippen LogP contribution is 2.35. The smallest absolute Gasteiger partial charge is 0.164 e. The first-order valence-electron chi connectivity index (χ1n) is 12.8. The molecule has 8 nitrogen and oxygen atoms in total. The molecular weight excluding hydrogens is 478 g/mol. The molecule has 1 saturated heterocycles. The molecule has 2 aromatic heterocycles. The number of nitrogens with zero attached hydrogens (tertiary/aromatic N) is 4. The maximum absolute atomic E-state index is 6.29. The summed E-state index contributed by atoms with van der Waals surface area (Å²) in [4.78, 5) is 8.74. The molecule has 0 aliphatic carbocycles. The Kier molecular flexibility index (Phi) is 6.62. The van der Waals surface area contributed by atoms with E-state index < -0.39 is 0 Å². The number of aromatic nitrogens is 4. The van der Waals surface area contributed by atoms with Gasteiger partial charge in [-0.05, 0) is 73.4 Å². The van der Waals surface area contributed by atoms with Crippen molar-refractivity contribution in [3.05, 3.63) is 90.3 Å². The Hall–Kier alpha value is -4.43. The van der Waals surface area contributed by atoms with Crippen LogP contribution in [0.2, 0.25) is 0 Å². The second-order valence-corrected chi connectivity index (χ2v) is 9.42. The molecule has 0 atom stereocenters. The molecule has 3 aromatic carbocycles. The number of benzene rings is 3. The first-order chi connectivity index (χ1) is 18.7. The third-order valence-corrected chi connectivity index (χ3v) is 6.80. The van der Waals surface area contributed by atoms with Gasteiger partial charge in [0.15, 0.2) is 5.65 Å². The zero-order valence-corrected chi connectivity index (χ0v) is 21.2. The van der Waals surface area contributed by atoms with Crippen molar-refractivity contribution in [1.82, 2.24) is 19.7 Å². The molecule has 192 valence electrons. The number of rotatable bonds is 7. The summed E-state index contributed by atoms with van der Waals surface area (Å²) in [5.41, 5.74) is 10.9. The zero-order valence-electron chi connectivity index (χ0n) is 21.2. The number of para-hydroxylation sites is 1. The quantitative estimate of drug-likeness (QED) is 0.284. The molecule has 1 aliphatic rings. The van der Waals surface area contributed by atoms with Crippen LogP contribution >= 0.6 is 0 Å². The van der Waals surface area contributed by atoms with Crippen molar-refractivity contribution in [3.63, 3.8) is 0 Å². The van der Waals surface area contributed by atoms with E-state index in [1.165, 1.54) is 6.33 Å².